The Hall–Kier alpha value is -11.2. The number of anilines is 4. The number of allylic oxidation sites excluding steroid dienone is 4. The molecule has 12 aromatic rings. The van der Waals surface area contributed by atoms with E-state index < -0.39 is 41.4 Å². The zero-order valence-electron chi connectivity index (χ0n) is 61.8. The molecule has 572 valence electrons. The number of pyridine rings is 2. The number of carbonyl (C=O) groups excluding carboxylic acids is 7. The third kappa shape index (κ3) is 19.9. The number of imidazole rings is 4. The molecule has 35 nitrogen and oxygen atoms in total. The number of carboxylic acid groups (broad SMARTS) is 1. The zero-order chi connectivity index (χ0) is 76.4. The van der Waals surface area contributed by atoms with Gasteiger partial charge in [-0.25, -0.2) is 34.7 Å². The summed E-state index contributed by atoms with van der Waals surface area (Å²) in [6, 6.07) is 16.3. The van der Waals surface area contributed by atoms with Crippen LogP contribution in [0, 0.1) is 72.7 Å². The molecule has 10 aromatic heterocycles. The molecule has 10 heterocycles. The second-order valence-electron chi connectivity index (χ2n) is 23.7. The minimum absolute atomic E-state index is 0. The SMILES string of the molecule is CCn1nc(C)cc1C(=O)Nc1nc2cc(C(N)=O)cc(C)c2n1C/C=C/Cn1c(N)nc2cc(C(N)=O)cnc21.CCn1nc(C)cc1C(=O)Nc1nc2cc(C(N)=O)cnc2n1C/C=C/Cn1c(NC(=O)c2cc(C)nn2CC)nc2cc(C(N)=O)cc(C)c21.CCn1nc(C)cc1C(=O)O.Cl.Cl.Cl.Cl.[3H][B].[U]. The van der Waals surface area contributed by atoms with Crippen LogP contribution in [0.25, 0.3) is 44.4 Å². The Bertz CT molecular complexity index is 5480. The molecule has 12 rings (SSSR count). The fourth-order valence-corrected chi connectivity index (χ4v) is 11.6. The summed E-state index contributed by atoms with van der Waals surface area (Å²) in [6.07, 6.45) is 10.2. The van der Waals surface area contributed by atoms with Crippen molar-refractivity contribution in [2.45, 2.75) is 122 Å². The smallest absolute Gasteiger partial charge is 0.354 e. The van der Waals surface area contributed by atoms with Crippen molar-refractivity contribution in [2.75, 3.05) is 21.7 Å². The van der Waals surface area contributed by atoms with Crippen LogP contribution in [0.4, 0.5) is 23.8 Å². The number of benzene rings is 2. The first-order chi connectivity index (χ1) is 50.1. The molecule has 109 heavy (non-hydrogen) atoms. The van der Waals surface area contributed by atoms with Crippen LogP contribution in [0.1, 0.15) is 145 Å². The Morgan fingerprint density at radius 2 is 0.706 bits per heavy atom. The molecule has 0 bridgehead atoms. The summed E-state index contributed by atoms with van der Waals surface area (Å²) in [6.45, 7) is 21.7. The number of hydrogen-bond donors (Lipinski definition) is 9. The number of fused-ring (bicyclic) bond motifs is 4. The maximum Gasteiger partial charge on any atom is 0.354 e. The summed E-state index contributed by atoms with van der Waals surface area (Å²) < 4.78 is 18.6. The van der Waals surface area contributed by atoms with Gasteiger partial charge in [0.15, 0.2) is 11.3 Å². The third-order valence-corrected chi connectivity index (χ3v) is 16.3. The molecule has 14 N–H and O–H groups in total. The molecule has 0 aliphatic rings. The van der Waals surface area contributed by atoms with Gasteiger partial charge in [-0.3, -0.25) is 77.4 Å². The summed E-state index contributed by atoms with van der Waals surface area (Å²) in [7, 11) is 3.75. The van der Waals surface area contributed by atoms with E-state index >= 15 is 0 Å². The monoisotopic (exact) mass is 1800 g/mol. The number of aryl methyl sites for hydroxylation is 10. The first kappa shape index (κ1) is 88.4. The average Bonchev–Trinajstić information content (AvgIpc) is 1.61. The molecular weight excluding hydrogens is 1720 g/mol. The minimum Gasteiger partial charge on any atom is -0.477 e. The van der Waals surface area contributed by atoms with Gasteiger partial charge >= 0.3 is 5.97 Å². The fourth-order valence-electron chi connectivity index (χ4n) is 11.6. The Kier molecular flexibility index (Phi) is 31.3. The molecule has 0 spiro atoms. The van der Waals surface area contributed by atoms with Crippen LogP contribution in [0.15, 0.2) is 97.4 Å². The van der Waals surface area contributed by atoms with Gasteiger partial charge in [0, 0.05) is 115 Å². The van der Waals surface area contributed by atoms with Crippen molar-refractivity contribution in [3.05, 3.63) is 176 Å². The molecule has 0 aliphatic carbocycles. The quantitative estimate of drug-likeness (QED) is 0.0231. The molecule has 0 saturated heterocycles. The van der Waals surface area contributed by atoms with Gasteiger partial charge in [-0.15, -0.1) is 49.6 Å². The van der Waals surface area contributed by atoms with Crippen molar-refractivity contribution in [3.63, 3.8) is 0 Å². The molecule has 0 aliphatic heterocycles. The second kappa shape index (κ2) is 38.5. The summed E-state index contributed by atoms with van der Waals surface area (Å²) in [4.78, 5) is 125. The van der Waals surface area contributed by atoms with E-state index in [1.165, 1.54) is 23.1 Å². The Balaban J connectivity index is 0.000000389. The number of carbonyl (C=O) groups is 8. The van der Waals surface area contributed by atoms with Gasteiger partial charge in [0.25, 0.3) is 17.7 Å². The number of amides is 7. The number of aromatic carboxylic acids is 1. The average molecular weight is 1800 g/mol. The first-order valence-corrected chi connectivity index (χ1v) is 32.4. The number of nitrogens with one attached hydrogen (secondary N) is 3. The molecular formula is C68H81BCl4N26O9U. The Morgan fingerprint density at radius 1 is 0.422 bits per heavy atom. The largest absolute Gasteiger partial charge is 0.477 e. The standard InChI is InChI=1S/C34H37N13O4.C27H29N11O3.C7H10N2O2.BH.4ClH.U/c1-6-46-25(13-19(4)42-46)31(50)40-33-38-23-15-21(28(35)48)12-18(3)27(23)44(33)10-8-9-11-45-30-24(16-22(17-37-30)29(36)49)39-34(45)41-32(51)26-14-20(5)43-47(26)7-2;1-4-38-20(10-15(3)35-38)25(41)34-27-33-18-11-16(22(28)39)9-14(2)21(18)36(27)7-5-6-8-37-24-19(32-26(37)30)12-17(13-31-24)23(29)40;1-3-9-6(7(10)11)4-5(2)8-9;;;;;;/h8-9,12-17H,6-7,10-11H2,1-5H3,(H2,35,48)(H2,36,49)(H,38,40,50)(H,39,41,51);5-6,9-13H,4,7-8H2,1-3H3,(H2,28,39)(H2,29,40)(H2,30,32)(H,33,34,41);4H,3H2,1-2H3,(H,10,11);5*1H;/b9-8+;6-5+;;;;;;;/i;;;1T;;;;;. The van der Waals surface area contributed by atoms with Crippen molar-refractivity contribution in [3.8, 4) is 0 Å². The van der Waals surface area contributed by atoms with Crippen LogP contribution in [-0.4, -0.2) is 149 Å². The predicted molar refractivity (Wildman–Crippen MR) is 418 cm³/mol. The number of carboxylic acids is 1. The van der Waals surface area contributed by atoms with E-state index in [9.17, 15) is 38.4 Å². The first-order valence-electron chi connectivity index (χ1n) is 33.0. The third-order valence-electron chi connectivity index (χ3n) is 16.3. The van der Waals surface area contributed by atoms with E-state index in [0.717, 1.165) is 28.0 Å². The van der Waals surface area contributed by atoms with Crippen LogP contribution >= 0.6 is 49.6 Å². The molecule has 0 saturated carbocycles. The van der Waals surface area contributed by atoms with E-state index in [1.807, 2.05) is 88.8 Å². The van der Waals surface area contributed by atoms with Gasteiger partial charge < -0.3 is 42.9 Å². The van der Waals surface area contributed by atoms with Crippen molar-refractivity contribution in [1.82, 2.24) is 87.3 Å². The fraction of sp³-hybridized carbons (Fsp3) is 0.265. The molecule has 0 fully saturated rings. The minimum atomic E-state index is -0.924. The van der Waals surface area contributed by atoms with Crippen LogP contribution in [0.5, 0.6) is 0 Å². The van der Waals surface area contributed by atoms with Gasteiger partial charge in [-0.2, -0.15) is 20.4 Å². The number of hydrogen-bond acceptors (Lipinski definition) is 19. The topological polar surface area (TPSA) is 491 Å². The number of nitrogens with zero attached hydrogens (tertiary/aromatic N) is 18. The summed E-state index contributed by atoms with van der Waals surface area (Å²) in [5.41, 5.74) is 39.0. The molecule has 2 radical (unpaired) electrons. The van der Waals surface area contributed by atoms with Crippen LogP contribution in [-0.2, 0) is 52.4 Å². The van der Waals surface area contributed by atoms with E-state index in [2.05, 4.69) is 74.6 Å². The van der Waals surface area contributed by atoms with E-state index in [4.69, 9.17) is 35.1 Å². The maximum absolute atomic E-state index is 13.4. The maximum atomic E-state index is 13.4. The summed E-state index contributed by atoms with van der Waals surface area (Å²) >= 11 is 0. The second-order valence-corrected chi connectivity index (χ2v) is 23.7. The normalized spacial score (nSPS) is 10.8. The zero-order valence-corrected chi connectivity index (χ0v) is 68.2. The molecule has 0 atom stereocenters. The van der Waals surface area contributed by atoms with E-state index in [0.29, 0.717) is 124 Å². The summed E-state index contributed by atoms with van der Waals surface area (Å²) in [5.74, 6) is -3.52. The number of nitrogens with two attached hydrogens (primary N) is 5. The van der Waals surface area contributed by atoms with Crippen LogP contribution in [0.3, 0.4) is 0 Å². The molecule has 2 aromatic carbocycles. The number of rotatable bonds is 23. The number of nitrogen functional groups attached to an aromatic ring is 1. The molecule has 7 amide bonds. The number of primary amides is 4. The van der Waals surface area contributed by atoms with Crippen molar-refractivity contribution >= 4 is 174 Å². The summed E-state index contributed by atoms with van der Waals surface area (Å²) in [5, 5.41) is 34.4. The van der Waals surface area contributed by atoms with Crippen molar-refractivity contribution in [1.29, 1.82) is 1.34 Å². The van der Waals surface area contributed by atoms with E-state index in [1.54, 1.807) is 91.6 Å². The van der Waals surface area contributed by atoms with Crippen molar-refractivity contribution in [2.24, 2.45) is 22.9 Å². The van der Waals surface area contributed by atoms with Crippen molar-refractivity contribution < 1.29 is 74.6 Å². The van der Waals surface area contributed by atoms with Gasteiger partial charge in [-0.05, 0) is 142 Å². The Labute approximate surface area is 674 Å². The predicted octanol–water partition coefficient (Wildman–Crippen LogP) is 6.95. The van der Waals surface area contributed by atoms with Crippen LogP contribution in [0.2, 0.25) is 0 Å². The van der Waals surface area contributed by atoms with Crippen LogP contribution < -0.4 is 44.6 Å². The molecule has 41 heteroatoms. The number of aromatic nitrogens is 18. The van der Waals surface area contributed by atoms with Gasteiger partial charge in [0.05, 0.1) is 56.0 Å². The number of halogens is 4. The van der Waals surface area contributed by atoms with Gasteiger partial charge in [-0.1, -0.05) is 24.3 Å². The van der Waals surface area contributed by atoms with Gasteiger partial charge in [0.2, 0.25) is 47.4 Å². The van der Waals surface area contributed by atoms with Gasteiger partial charge in [0.1, 0.15) is 33.8 Å². The Morgan fingerprint density at radius 3 is 1.04 bits per heavy atom. The van der Waals surface area contributed by atoms with E-state index in [-0.39, 0.29) is 134 Å². The molecule has 0 unspecified atom stereocenters.